The summed E-state index contributed by atoms with van der Waals surface area (Å²) in [5.74, 6) is 0.715. The van der Waals surface area contributed by atoms with Gasteiger partial charge in [0.1, 0.15) is 0 Å². The van der Waals surface area contributed by atoms with Crippen molar-refractivity contribution in [2.45, 2.75) is 6.04 Å². The molecule has 3 N–H and O–H groups in total. The number of methoxy groups -OCH3 is 2. The number of ether oxygens (including phenoxy) is 2. The molecular weight excluding hydrogens is 210 g/mol. The van der Waals surface area contributed by atoms with Gasteiger partial charge >= 0.3 is 0 Å². The number of hydrogen-bond donors (Lipinski definition) is 2. The average molecular weight is 225 g/mol. The van der Waals surface area contributed by atoms with Crippen molar-refractivity contribution in [1.29, 1.82) is 0 Å². The smallest absolute Gasteiger partial charge is 0.171 e. The Morgan fingerprint density at radius 2 is 2.00 bits per heavy atom. The molecular formula is C11H15NO4. The molecule has 1 aromatic rings. The van der Waals surface area contributed by atoms with E-state index in [0.29, 0.717) is 28.9 Å². The van der Waals surface area contributed by atoms with Crippen LogP contribution in [0.25, 0.3) is 0 Å². The quantitative estimate of drug-likeness (QED) is 0.713. The summed E-state index contributed by atoms with van der Waals surface area (Å²) in [6.07, 6.45) is 0.676. The number of rotatable bonds is 5. The summed E-state index contributed by atoms with van der Waals surface area (Å²) in [6.45, 7) is -0.208. The van der Waals surface area contributed by atoms with Gasteiger partial charge in [0.25, 0.3) is 0 Å². The van der Waals surface area contributed by atoms with Crippen molar-refractivity contribution in [3.8, 4) is 11.5 Å². The summed E-state index contributed by atoms with van der Waals surface area (Å²) in [6, 6.07) is 2.66. The highest BCUT2D eigenvalue weighted by molar-refractivity contribution is 5.82. The van der Waals surface area contributed by atoms with Crippen molar-refractivity contribution in [3.05, 3.63) is 23.3 Å². The Bertz CT molecular complexity index is 378. The minimum Gasteiger partial charge on any atom is -0.492 e. The van der Waals surface area contributed by atoms with Crippen LogP contribution >= 0.6 is 0 Å². The number of carbonyl (C=O) groups is 1. The largest absolute Gasteiger partial charge is 0.492 e. The van der Waals surface area contributed by atoms with Crippen LogP contribution in [0.3, 0.4) is 0 Å². The Kier molecular flexibility index (Phi) is 4.28. The van der Waals surface area contributed by atoms with E-state index in [2.05, 4.69) is 0 Å². The lowest BCUT2D eigenvalue weighted by atomic mass is 10.0. The fourth-order valence-electron chi connectivity index (χ4n) is 1.50. The molecule has 0 spiro atoms. The van der Waals surface area contributed by atoms with Gasteiger partial charge in [-0.2, -0.15) is 0 Å². The predicted octanol–water partition coefficient (Wildman–Crippen LogP) is 0.508. The van der Waals surface area contributed by atoms with Gasteiger partial charge in [0.05, 0.1) is 32.4 Å². The first-order chi connectivity index (χ1) is 7.69. The molecule has 0 amide bonds. The molecule has 0 saturated carbocycles. The molecule has 0 radical (unpaired) electrons. The molecule has 1 aromatic carbocycles. The van der Waals surface area contributed by atoms with Crippen LogP contribution in [0.15, 0.2) is 12.1 Å². The average Bonchev–Trinajstić information content (AvgIpc) is 2.35. The van der Waals surface area contributed by atoms with Gasteiger partial charge in [-0.3, -0.25) is 4.79 Å². The number of benzene rings is 1. The molecule has 5 nitrogen and oxygen atoms in total. The second-order valence-electron chi connectivity index (χ2n) is 3.22. The Morgan fingerprint density at radius 3 is 2.44 bits per heavy atom. The zero-order valence-corrected chi connectivity index (χ0v) is 9.27. The summed E-state index contributed by atoms with van der Waals surface area (Å²) in [7, 11) is 2.90. The SMILES string of the molecule is COc1c(C=O)ccc(C(N)CO)c1OC. The van der Waals surface area contributed by atoms with Crippen molar-refractivity contribution in [2.75, 3.05) is 20.8 Å². The Balaban J connectivity index is 3.36. The van der Waals surface area contributed by atoms with Crippen LogP contribution in [0.2, 0.25) is 0 Å². The maximum Gasteiger partial charge on any atom is 0.171 e. The molecule has 0 saturated heterocycles. The number of aliphatic hydroxyl groups excluding tert-OH is 1. The van der Waals surface area contributed by atoms with E-state index in [1.807, 2.05) is 0 Å². The summed E-state index contributed by atoms with van der Waals surface area (Å²) in [4.78, 5) is 10.8. The lowest BCUT2D eigenvalue weighted by molar-refractivity contribution is 0.112. The van der Waals surface area contributed by atoms with E-state index in [9.17, 15) is 4.79 Å². The standard InChI is InChI=1S/C11H15NO4/c1-15-10-7(5-13)3-4-8(9(12)6-14)11(10)16-2/h3-5,9,14H,6,12H2,1-2H3. The van der Waals surface area contributed by atoms with Crippen LogP contribution in [-0.2, 0) is 0 Å². The predicted molar refractivity (Wildman–Crippen MR) is 58.9 cm³/mol. The molecule has 0 fully saturated rings. The minimum absolute atomic E-state index is 0.208. The molecule has 1 unspecified atom stereocenters. The summed E-state index contributed by atoms with van der Waals surface area (Å²) in [5, 5.41) is 9.01. The van der Waals surface area contributed by atoms with Crippen LogP contribution in [-0.4, -0.2) is 32.2 Å². The zero-order valence-electron chi connectivity index (χ0n) is 9.27. The Morgan fingerprint density at radius 1 is 1.38 bits per heavy atom. The molecule has 1 atom stereocenters. The van der Waals surface area contributed by atoms with Crippen LogP contribution in [0.1, 0.15) is 22.0 Å². The van der Waals surface area contributed by atoms with E-state index in [4.69, 9.17) is 20.3 Å². The maximum atomic E-state index is 10.8. The van der Waals surface area contributed by atoms with E-state index < -0.39 is 6.04 Å². The zero-order chi connectivity index (χ0) is 12.1. The number of aliphatic hydroxyl groups is 1. The lowest BCUT2D eigenvalue weighted by Crippen LogP contribution is -2.16. The topological polar surface area (TPSA) is 81.8 Å². The number of carbonyl (C=O) groups excluding carboxylic acids is 1. The molecule has 88 valence electrons. The number of nitrogens with two attached hydrogens (primary N) is 1. The van der Waals surface area contributed by atoms with Gasteiger partial charge in [-0.1, -0.05) is 6.07 Å². The molecule has 0 bridgehead atoms. The van der Waals surface area contributed by atoms with Gasteiger partial charge < -0.3 is 20.3 Å². The van der Waals surface area contributed by atoms with Crippen LogP contribution < -0.4 is 15.2 Å². The van der Waals surface area contributed by atoms with Gasteiger partial charge in [0.2, 0.25) is 0 Å². The first-order valence-electron chi connectivity index (χ1n) is 4.76. The molecule has 0 heterocycles. The van der Waals surface area contributed by atoms with Gasteiger partial charge in [-0.25, -0.2) is 0 Å². The fourth-order valence-corrected chi connectivity index (χ4v) is 1.50. The molecule has 1 rings (SSSR count). The Labute approximate surface area is 93.8 Å². The molecule has 5 heteroatoms. The van der Waals surface area contributed by atoms with Crippen molar-refractivity contribution in [2.24, 2.45) is 5.73 Å². The highest BCUT2D eigenvalue weighted by Gasteiger charge is 2.18. The first-order valence-corrected chi connectivity index (χ1v) is 4.76. The Hall–Kier alpha value is -1.59. The molecule has 0 aliphatic rings. The fraction of sp³-hybridized carbons (Fsp3) is 0.364. The van der Waals surface area contributed by atoms with E-state index >= 15 is 0 Å². The minimum atomic E-state index is -0.565. The number of aldehydes is 1. The van der Waals surface area contributed by atoms with E-state index in [1.165, 1.54) is 14.2 Å². The highest BCUT2D eigenvalue weighted by Crippen LogP contribution is 2.36. The molecule has 16 heavy (non-hydrogen) atoms. The first kappa shape index (κ1) is 12.5. The van der Waals surface area contributed by atoms with Crippen molar-refractivity contribution < 1.29 is 19.4 Å². The second-order valence-corrected chi connectivity index (χ2v) is 3.22. The van der Waals surface area contributed by atoms with E-state index in [1.54, 1.807) is 12.1 Å². The summed E-state index contributed by atoms with van der Waals surface area (Å²) in [5.41, 5.74) is 6.70. The van der Waals surface area contributed by atoms with Crippen molar-refractivity contribution in [3.63, 3.8) is 0 Å². The third-order valence-corrected chi connectivity index (χ3v) is 2.30. The molecule has 0 aliphatic heterocycles. The van der Waals surface area contributed by atoms with Gasteiger partial charge in [-0.05, 0) is 6.07 Å². The van der Waals surface area contributed by atoms with Gasteiger partial charge in [-0.15, -0.1) is 0 Å². The highest BCUT2D eigenvalue weighted by atomic mass is 16.5. The monoisotopic (exact) mass is 225 g/mol. The number of hydrogen-bond acceptors (Lipinski definition) is 5. The van der Waals surface area contributed by atoms with E-state index in [0.717, 1.165) is 0 Å². The lowest BCUT2D eigenvalue weighted by Gasteiger charge is -2.17. The third kappa shape index (κ3) is 2.15. The van der Waals surface area contributed by atoms with Crippen LogP contribution in [0, 0.1) is 0 Å². The van der Waals surface area contributed by atoms with Crippen LogP contribution in [0.4, 0.5) is 0 Å². The van der Waals surface area contributed by atoms with Crippen molar-refractivity contribution in [1.82, 2.24) is 0 Å². The summed E-state index contributed by atoms with van der Waals surface area (Å²) >= 11 is 0. The molecule has 0 aliphatic carbocycles. The summed E-state index contributed by atoms with van der Waals surface area (Å²) < 4.78 is 10.3. The van der Waals surface area contributed by atoms with Crippen molar-refractivity contribution >= 4 is 6.29 Å². The van der Waals surface area contributed by atoms with Crippen LogP contribution in [0.5, 0.6) is 11.5 Å². The molecule has 0 aromatic heterocycles. The third-order valence-electron chi connectivity index (χ3n) is 2.30. The van der Waals surface area contributed by atoms with Gasteiger partial charge in [0.15, 0.2) is 17.8 Å². The van der Waals surface area contributed by atoms with Gasteiger partial charge in [0, 0.05) is 5.56 Å². The normalized spacial score (nSPS) is 12.0. The van der Waals surface area contributed by atoms with E-state index in [-0.39, 0.29) is 6.61 Å². The maximum absolute atomic E-state index is 10.8. The second kappa shape index (κ2) is 5.48.